The van der Waals surface area contributed by atoms with Crippen molar-refractivity contribution in [3.05, 3.63) is 52.8 Å². The highest BCUT2D eigenvalue weighted by Crippen LogP contribution is 2.55. The highest BCUT2D eigenvalue weighted by molar-refractivity contribution is 7.92. The van der Waals surface area contributed by atoms with E-state index in [9.17, 15) is 17.6 Å². The van der Waals surface area contributed by atoms with E-state index in [1.807, 2.05) is 6.07 Å². The molecule has 2 fully saturated rings. The molecule has 2 heterocycles. The molecule has 5 rings (SSSR count). The van der Waals surface area contributed by atoms with Crippen molar-refractivity contribution in [3.63, 3.8) is 0 Å². The summed E-state index contributed by atoms with van der Waals surface area (Å²) in [6.07, 6.45) is 2.40. The molecule has 3 aliphatic rings. The van der Waals surface area contributed by atoms with E-state index in [-0.39, 0.29) is 22.1 Å². The van der Waals surface area contributed by atoms with Gasteiger partial charge in [-0.2, -0.15) is 0 Å². The van der Waals surface area contributed by atoms with Crippen molar-refractivity contribution in [3.8, 4) is 5.75 Å². The maximum atomic E-state index is 14.1. The second-order valence-corrected chi connectivity index (χ2v) is 11.1. The van der Waals surface area contributed by atoms with Crippen LogP contribution in [0.25, 0.3) is 0 Å². The molecule has 0 amide bonds. The van der Waals surface area contributed by atoms with E-state index in [0.717, 1.165) is 44.1 Å². The van der Waals surface area contributed by atoms with E-state index < -0.39 is 21.8 Å². The fraction of sp³-hybridized carbons (Fsp3) is 0.480. The Morgan fingerprint density at radius 2 is 2.12 bits per heavy atom. The van der Waals surface area contributed by atoms with Crippen molar-refractivity contribution in [2.45, 2.75) is 37.0 Å². The average Bonchev–Trinajstić information content (AvgIpc) is 3.48. The van der Waals surface area contributed by atoms with Crippen LogP contribution in [0.5, 0.6) is 5.75 Å². The van der Waals surface area contributed by atoms with Crippen LogP contribution in [0.15, 0.2) is 35.2 Å². The number of esters is 1. The first-order chi connectivity index (χ1) is 16.3. The number of hydrogen-bond donors (Lipinski definition) is 1. The van der Waals surface area contributed by atoms with Crippen LogP contribution in [-0.4, -0.2) is 52.6 Å². The SMILES string of the molecule is CCN1CC[C@H](Cc2cc(F)ccc2S(=O)(=O)Nc2ccc3c(c2C(=O)OC)OC[C@H]2C[C@@H]32)C1. The highest BCUT2D eigenvalue weighted by Gasteiger charge is 2.45. The minimum absolute atomic E-state index is 0.0144. The van der Waals surface area contributed by atoms with Gasteiger partial charge in [-0.25, -0.2) is 17.6 Å². The zero-order valence-electron chi connectivity index (χ0n) is 19.3. The number of sulfonamides is 1. The van der Waals surface area contributed by atoms with Crippen molar-refractivity contribution >= 4 is 21.7 Å². The molecular formula is C25H29FN2O5S. The van der Waals surface area contributed by atoms with E-state index in [2.05, 4.69) is 16.5 Å². The minimum atomic E-state index is -4.11. The standard InChI is InChI=1S/C25H29FN2O5S/c1-3-28-9-8-15(13-28)10-16-11-18(26)4-7-22(16)34(30,31)27-21-6-5-19-20-12-17(20)14-33-24(19)23(21)25(29)32-2/h4-7,11,15,17,20,27H,3,8-10,12-14H2,1-2H3/t15-,17-,20-/m1/s1. The van der Waals surface area contributed by atoms with Crippen LogP contribution < -0.4 is 9.46 Å². The van der Waals surface area contributed by atoms with Gasteiger partial charge in [-0.3, -0.25) is 4.72 Å². The zero-order chi connectivity index (χ0) is 24.0. The van der Waals surface area contributed by atoms with Crippen molar-refractivity contribution in [2.75, 3.05) is 38.1 Å². The Balaban J connectivity index is 1.48. The zero-order valence-corrected chi connectivity index (χ0v) is 20.2. The molecule has 34 heavy (non-hydrogen) atoms. The first kappa shape index (κ1) is 23.1. The largest absolute Gasteiger partial charge is 0.492 e. The highest BCUT2D eigenvalue weighted by atomic mass is 32.2. The van der Waals surface area contributed by atoms with Crippen molar-refractivity contribution in [1.82, 2.24) is 4.90 Å². The number of carbonyl (C=O) groups excluding carboxylic acids is 1. The number of halogens is 1. The molecular weight excluding hydrogens is 459 g/mol. The van der Waals surface area contributed by atoms with Gasteiger partial charge < -0.3 is 14.4 Å². The molecule has 3 atom stereocenters. The summed E-state index contributed by atoms with van der Waals surface area (Å²) in [6.45, 7) is 5.34. The molecule has 1 aliphatic carbocycles. The van der Waals surface area contributed by atoms with Crippen LogP contribution in [0.3, 0.4) is 0 Å². The maximum Gasteiger partial charge on any atom is 0.343 e. The van der Waals surface area contributed by atoms with Crippen LogP contribution >= 0.6 is 0 Å². The number of nitrogens with one attached hydrogen (secondary N) is 1. The Morgan fingerprint density at radius 1 is 1.29 bits per heavy atom. The molecule has 2 aliphatic heterocycles. The fourth-order valence-electron chi connectivity index (χ4n) is 5.29. The van der Waals surface area contributed by atoms with Gasteiger partial charge in [0.2, 0.25) is 0 Å². The molecule has 0 radical (unpaired) electrons. The smallest absolute Gasteiger partial charge is 0.343 e. The number of benzene rings is 2. The molecule has 1 N–H and O–H groups in total. The molecule has 9 heteroatoms. The lowest BCUT2D eigenvalue weighted by Gasteiger charge is -2.22. The number of fused-ring (bicyclic) bond motifs is 3. The number of ether oxygens (including phenoxy) is 2. The summed E-state index contributed by atoms with van der Waals surface area (Å²) in [5.41, 5.74) is 1.51. The van der Waals surface area contributed by atoms with Crippen LogP contribution in [0, 0.1) is 17.7 Å². The molecule has 2 aromatic carbocycles. The fourth-order valence-corrected chi connectivity index (χ4v) is 6.59. The second kappa shape index (κ2) is 8.85. The Bertz CT molecular complexity index is 1230. The topological polar surface area (TPSA) is 84.9 Å². The van der Waals surface area contributed by atoms with Crippen LogP contribution in [0.1, 0.15) is 47.2 Å². The molecule has 0 aromatic heterocycles. The first-order valence-corrected chi connectivity index (χ1v) is 13.2. The Labute approximate surface area is 199 Å². The monoisotopic (exact) mass is 488 g/mol. The summed E-state index contributed by atoms with van der Waals surface area (Å²) in [5.74, 6) is 0.271. The first-order valence-electron chi connectivity index (χ1n) is 11.7. The van der Waals surface area contributed by atoms with E-state index in [1.165, 1.54) is 19.2 Å². The van der Waals surface area contributed by atoms with Crippen molar-refractivity contribution in [2.24, 2.45) is 11.8 Å². The Kier molecular flexibility index (Phi) is 6.02. The summed E-state index contributed by atoms with van der Waals surface area (Å²) >= 11 is 0. The number of anilines is 1. The summed E-state index contributed by atoms with van der Waals surface area (Å²) in [5, 5.41) is 0. The number of methoxy groups -OCH3 is 1. The van der Waals surface area contributed by atoms with E-state index >= 15 is 0 Å². The Hall–Kier alpha value is -2.65. The van der Waals surface area contributed by atoms with Gasteiger partial charge >= 0.3 is 5.97 Å². The third-order valence-corrected chi connectivity index (χ3v) is 8.69. The van der Waals surface area contributed by atoms with E-state index in [1.54, 1.807) is 6.07 Å². The minimum Gasteiger partial charge on any atom is -0.492 e. The van der Waals surface area contributed by atoms with Gasteiger partial charge in [-0.1, -0.05) is 13.0 Å². The van der Waals surface area contributed by atoms with Gasteiger partial charge in [0.25, 0.3) is 10.0 Å². The van der Waals surface area contributed by atoms with Gasteiger partial charge in [0.05, 0.1) is 24.3 Å². The normalized spacial score (nSPS) is 23.6. The summed E-state index contributed by atoms with van der Waals surface area (Å²) in [7, 11) is -2.86. The number of likely N-dealkylation sites (tertiary alicyclic amines) is 1. The van der Waals surface area contributed by atoms with E-state index in [4.69, 9.17) is 9.47 Å². The summed E-state index contributed by atoms with van der Waals surface area (Å²) < 4.78 is 54.5. The average molecular weight is 489 g/mol. The lowest BCUT2D eigenvalue weighted by Crippen LogP contribution is -2.22. The molecule has 0 unspecified atom stereocenters. The predicted octanol–water partition coefficient (Wildman–Crippen LogP) is 3.79. The van der Waals surface area contributed by atoms with Crippen molar-refractivity contribution in [1.29, 1.82) is 0 Å². The maximum absolute atomic E-state index is 14.1. The second-order valence-electron chi connectivity index (χ2n) is 9.42. The van der Waals surface area contributed by atoms with Gasteiger partial charge in [0.1, 0.15) is 17.1 Å². The molecule has 1 saturated carbocycles. The molecule has 1 saturated heterocycles. The van der Waals surface area contributed by atoms with Gasteiger partial charge in [-0.05, 0) is 79.6 Å². The predicted molar refractivity (Wildman–Crippen MR) is 125 cm³/mol. The van der Waals surface area contributed by atoms with Crippen LogP contribution in [0.4, 0.5) is 10.1 Å². The Morgan fingerprint density at radius 3 is 2.85 bits per heavy atom. The van der Waals surface area contributed by atoms with Gasteiger partial charge in [-0.15, -0.1) is 0 Å². The lowest BCUT2D eigenvalue weighted by molar-refractivity contribution is 0.0596. The number of nitrogens with zero attached hydrogens (tertiary/aromatic N) is 1. The van der Waals surface area contributed by atoms with E-state index in [0.29, 0.717) is 36.2 Å². The van der Waals surface area contributed by atoms with Gasteiger partial charge in [0, 0.05) is 12.5 Å². The summed E-state index contributed by atoms with van der Waals surface area (Å²) in [6, 6.07) is 7.14. The van der Waals surface area contributed by atoms with Gasteiger partial charge in [0.15, 0.2) is 0 Å². The molecule has 7 nitrogen and oxygen atoms in total. The molecule has 2 aromatic rings. The third-order valence-electron chi connectivity index (χ3n) is 7.22. The number of hydrogen-bond acceptors (Lipinski definition) is 6. The molecule has 0 bridgehead atoms. The number of rotatable bonds is 7. The van der Waals surface area contributed by atoms with Crippen molar-refractivity contribution < 1.29 is 27.1 Å². The van der Waals surface area contributed by atoms with Crippen LogP contribution in [0.2, 0.25) is 0 Å². The molecule has 182 valence electrons. The lowest BCUT2D eigenvalue weighted by atomic mass is 9.98. The summed E-state index contributed by atoms with van der Waals surface area (Å²) in [4.78, 5) is 15.0. The quantitative estimate of drug-likeness (QED) is 0.597. The third kappa shape index (κ3) is 4.27. The number of carbonyl (C=O) groups is 1. The van der Waals surface area contributed by atoms with Crippen LogP contribution in [-0.2, 0) is 21.2 Å². The molecule has 0 spiro atoms.